The number of carboxylic acids is 1. The van der Waals surface area contributed by atoms with Gasteiger partial charge in [0.1, 0.15) is 0 Å². The van der Waals surface area contributed by atoms with E-state index in [1.807, 2.05) is 0 Å². The molecule has 5 heteroatoms. The molecule has 114 valence electrons. The molecule has 1 aliphatic rings. The minimum atomic E-state index is -1.06. The molecule has 0 aromatic heterocycles. The second-order valence-corrected chi connectivity index (χ2v) is 5.30. The van der Waals surface area contributed by atoms with Gasteiger partial charge in [0.15, 0.2) is 0 Å². The molecule has 1 fully saturated rings. The lowest BCUT2D eigenvalue weighted by molar-refractivity contribution is -0.133. The number of hydrogen-bond donors (Lipinski definition) is 2. The summed E-state index contributed by atoms with van der Waals surface area (Å²) >= 11 is 0. The monoisotopic (exact) mass is 283 g/mol. The van der Waals surface area contributed by atoms with E-state index in [2.05, 4.69) is 5.32 Å². The highest BCUT2D eigenvalue weighted by molar-refractivity contribution is 6.01. The zero-order valence-corrected chi connectivity index (χ0v) is 12.4. The highest BCUT2D eigenvalue weighted by atomic mass is 16.5. The van der Waals surface area contributed by atoms with E-state index in [1.54, 1.807) is 0 Å². The van der Waals surface area contributed by atoms with Crippen LogP contribution in [0, 0.1) is 0 Å². The van der Waals surface area contributed by atoms with Gasteiger partial charge in [-0.15, -0.1) is 0 Å². The van der Waals surface area contributed by atoms with E-state index in [9.17, 15) is 9.59 Å². The quantitative estimate of drug-likeness (QED) is 0.555. The van der Waals surface area contributed by atoms with Crippen LogP contribution in [0.4, 0.5) is 0 Å². The van der Waals surface area contributed by atoms with Crippen LogP contribution >= 0.6 is 0 Å². The largest absolute Gasteiger partial charge is 0.478 e. The van der Waals surface area contributed by atoms with E-state index in [0.29, 0.717) is 19.3 Å². The molecule has 5 nitrogen and oxygen atoms in total. The van der Waals surface area contributed by atoms with Crippen LogP contribution in [0.3, 0.4) is 0 Å². The lowest BCUT2D eigenvalue weighted by Crippen LogP contribution is -2.28. The second-order valence-electron chi connectivity index (χ2n) is 5.30. The van der Waals surface area contributed by atoms with Crippen molar-refractivity contribution in [3.8, 4) is 0 Å². The zero-order chi connectivity index (χ0) is 15.0. The Morgan fingerprint density at radius 2 is 1.80 bits per heavy atom. The third kappa shape index (κ3) is 5.74. The van der Waals surface area contributed by atoms with Crippen LogP contribution in [-0.2, 0) is 14.3 Å². The SMILES string of the molecule is CC(C(=O)O)=C(C)C(=O)NCCCOC1CCCCC1. The van der Waals surface area contributed by atoms with Crippen molar-refractivity contribution in [2.24, 2.45) is 0 Å². The normalized spacial score (nSPS) is 17.5. The van der Waals surface area contributed by atoms with E-state index >= 15 is 0 Å². The molecule has 0 heterocycles. The van der Waals surface area contributed by atoms with Gasteiger partial charge in [-0.1, -0.05) is 19.3 Å². The summed E-state index contributed by atoms with van der Waals surface area (Å²) in [4.78, 5) is 22.4. The lowest BCUT2D eigenvalue weighted by Gasteiger charge is -2.21. The first-order chi connectivity index (χ1) is 9.52. The highest BCUT2D eigenvalue weighted by Crippen LogP contribution is 2.20. The molecule has 0 saturated heterocycles. The van der Waals surface area contributed by atoms with Crippen molar-refractivity contribution < 1.29 is 19.4 Å². The van der Waals surface area contributed by atoms with Gasteiger partial charge in [-0.05, 0) is 33.1 Å². The molecule has 1 rings (SSSR count). The lowest BCUT2D eigenvalue weighted by atomic mass is 9.98. The molecule has 0 aliphatic heterocycles. The Hall–Kier alpha value is -1.36. The van der Waals surface area contributed by atoms with Gasteiger partial charge in [0.25, 0.3) is 0 Å². The number of aliphatic carboxylic acids is 1. The molecule has 1 saturated carbocycles. The van der Waals surface area contributed by atoms with Crippen LogP contribution in [0.25, 0.3) is 0 Å². The molecular weight excluding hydrogens is 258 g/mol. The van der Waals surface area contributed by atoms with Crippen LogP contribution in [-0.4, -0.2) is 36.2 Å². The second kappa shape index (κ2) is 8.74. The summed E-state index contributed by atoms with van der Waals surface area (Å²) in [5.74, 6) is -1.37. The molecule has 0 unspecified atom stereocenters. The Balaban J connectivity index is 2.16. The average molecular weight is 283 g/mol. The van der Waals surface area contributed by atoms with E-state index in [4.69, 9.17) is 9.84 Å². The Morgan fingerprint density at radius 3 is 2.40 bits per heavy atom. The maximum Gasteiger partial charge on any atom is 0.331 e. The molecule has 0 atom stereocenters. The standard InChI is InChI=1S/C15H25NO4/c1-11(12(2)15(18)19)14(17)16-9-6-10-20-13-7-4-3-5-8-13/h13H,3-10H2,1-2H3,(H,16,17)(H,18,19). The minimum Gasteiger partial charge on any atom is -0.478 e. The molecule has 20 heavy (non-hydrogen) atoms. The summed E-state index contributed by atoms with van der Waals surface area (Å²) < 4.78 is 5.75. The average Bonchev–Trinajstić information content (AvgIpc) is 2.46. The van der Waals surface area contributed by atoms with Gasteiger partial charge < -0.3 is 15.2 Å². The van der Waals surface area contributed by atoms with Crippen molar-refractivity contribution in [1.29, 1.82) is 0 Å². The molecule has 2 N–H and O–H groups in total. The predicted octanol–water partition coefficient (Wildman–Crippen LogP) is 2.26. The van der Waals surface area contributed by atoms with Crippen molar-refractivity contribution >= 4 is 11.9 Å². The summed E-state index contributed by atoms with van der Waals surface area (Å²) in [5.41, 5.74) is 0.339. The number of hydrogen-bond acceptors (Lipinski definition) is 3. The van der Waals surface area contributed by atoms with Gasteiger partial charge >= 0.3 is 5.97 Å². The van der Waals surface area contributed by atoms with Gasteiger partial charge in [-0.25, -0.2) is 4.79 Å². The van der Waals surface area contributed by atoms with E-state index in [-0.39, 0.29) is 17.1 Å². The van der Waals surface area contributed by atoms with E-state index < -0.39 is 5.97 Å². The Kier molecular flexibility index (Phi) is 7.30. The molecule has 1 aliphatic carbocycles. The van der Waals surface area contributed by atoms with Gasteiger partial charge in [0.2, 0.25) is 5.91 Å². The van der Waals surface area contributed by atoms with Crippen molar-refractivity contribution in [3.63, 3.8) is 0 Å². The fourth-order valence-corrected chi connectivity index (χ4v) is 2.22. The van der Waals surface area contributed by atoms with Crippen LogP contribution < -0.4 is 5.32 Å². The molecule has 0 bridgehead atoms. The first kappa shape index (κ1) is 16.7. The molecule has 0 aromatic carbocycles. The maximum atomic E-state index is 11.7. The number of nitrogens with one attached hydrogen (secondary N) is 1. The molecule has 0 radical (unpaired) electrons. The highest BCUT2D eigenvalue weighted by Gasteiger charge is 2.14. The topological polar surface area (TPSA) is 75.6 Å². The van der Waals surface area contributed by atoms with Gasteiger partial charge in [0.05, 0.1) is 6.10 Å². The fourth-order valence-electron chi connectivity index (χ4n) is 2.22. The number of carboxylic acid groups (broad SMARTS) is 1. The maximum absolute atomic E-state index is 11.7. The Labute approximate surface area is 120 Å². The van der Waals surface area contributed by atoms with Crippen LogP contribution in [0.5, 0.6) is 0 Å². The first-order valence-corrected chi connectivity index (χ1v) is 7.33. The van der Waals surface area contributed by atoms with Crippen LogP contribution in [0.15, 0.2) is 11.1 Å². The van der Waals surface area contributed by atoms with E-state index in [1.165, 1.54) is 33.1 Å². The first-order valence-electron chi connectivity index (χ1n) is 7.33. The van der Waals surface area contributed by atoms with E-state index in [0.717, 1.165) is 19.3 Å². The Bertz CT molecular complexity index is 370. The summed E-state index contributed by atoms with van der Waals surface area (Å²) in [6, 6.07) is 0. The van der Waals surface area contributed by atoms with Crippen molar-refractivity contribution in [2.75, 3.05) is 13.2 Å². The van der Waals surface area contributed by atoms with Gasteiger partial charge in [-0.2, -0.15) is 0 Å². The summed E-state index contributed by atoms with van der Waals surface area (Å²) in [5, 5.41) is 11.5. The third-order valence-electron chi connectivity index (χ3n) is 3.74. The smallest absolute Gasteiger partial charge is 0.331 e. The van der Waals surface area contributed by atoms with Crippen LogP contribution in [0.1, 0.15) is 52.4 Å². The summed E-state index contributed by atoms with van der Waals surface area (Å²) in [6.07, 6.45) is 7.24. The van der Waals surface area contributed by atoms with Crippen LogP contribution in [0.2, 0.25) is 0 Å². The predicted molar refractivity (Wildman–Crippen MR) is 76.5 cm³/mol. The third-order valence-corrected chi connectivity index (χ3v) is 3.74. The van der Waals surface area contributed by atoms with Gasteiger partial charge in [0, 0.05) is 24.3 Å². The zero-order valence-electron chi connectivity index (χ0n) is 12.4. The summed E-state index contributed by atoms with van der Waals surface area (Å²) in [7, 11) is 0. The molecular formula is C15H25NO4. The molecule has 0 aromatic rings. The number of carbonyl (C=O) groups is 2. The van der Waals surface area contributed by atoms with Gasteiger partial charge in [-0.3, -0.25) is 4.79 Å². The minimum absolute atomic E-state index is 0.0842. The fraction of sp³-hybridized carbons (Fsp3) is 0.733. The Morgan fingerprint density at radius 1 is 1.15 bits per heavy atom. The molecule has 1 amide bonds. The number of rotatable bonds is 7. The number of amides is 1. The van der Waals surface area contributed by atoms with Crippen molar-refractivity contribution in [1.82, 2.24) is 5.32 Å². The number of carbonyl (C=O) groups excluding carboxylic acids is 1. The molecule has 0 spiro atoms. The summed E-state index contributed by atoms with van der Waals surface area (Å²) in [6.45, 7) is 4.11. The van der Waals surface area contributed by atoms with Crippen molar-refractivity contribution in [3.05, 3.63) is 11.1 Å². The van der Waals surface area contributed by atoms with Crippen molar-refractivity contribution in [2.45, 2.75) is 58.5 Å². The number of ether oxygens (including phenoxy) is 1.